The highest BCUT2D eigenvalue weighted by Gasteiger charge is 2.12. The van der Waals surface area contributed by atoms with E-state index in [1.165, 1.54) is 24.1 Å². The molecule has 1 aromatic carbocycles. The van der Waals surface area contributed by atoms with Crippen LogP contribution in [0.15, 0.2) is 18.2 Å². The van der Waals surface area contributed by atoms with Gasteiger partial charge in [0, 0.05) is 25.7 Å². The summed E-state index contributed by atoms with van der Waals surface area (Å²) in [7, 11) is 2.13. The summed E-state index contributed by atoms with van der Waals surface area (Å²) in [5.41, 5.74) is 3.82. The van der Waals surface area contributed by atoms with Gasteiger partial charge in [-0.2, -0.15) is 0 Å². The number of carbonyl (C=O) groups is 1. The number of hydrogen-bond donors (Lipinski definition) is 1. The number of carboxylic acids is 1. The summed E-state index contributed by atoms with van der Waals surface area (Å²) in [6, 6.07) is 6.38. The topological polar surface area (TPSA) is 40.5 Å². The van der Waals surface area contributed by atoms with Crippen LogP contribution in [0, 0.1) is 0 Å². The molecule has 1 aliphatic heterocycles. The van der Waals surface area contributed by atoms with Crippen molar-refractivity contribution >= 4 is 11.7 Å². The van der Waals surface area contributed by atoms with Gasteiger partial charge in [0.15, 0.2) is 0 Å². The molecule has 1 heterocycles. The van der Waals surface area contributed by atoms with Gasteiger partial charge in [-0.15, -0.1) is 0 Å². The van der Waals surface area contributed by atoms with Crippen molar-refractivity contribution in [2.24, 2.45) is 0 Å². The van der Waals surface area contributed by atoms with Gasteiger partial charge in [0.05, 0.1) is 0 Å². The largest absolute Gasteiger partial charge is 0.481 e. The van der Waals surface area contributed by atoms with Crippen molar-refractivity contribution < 1.29 is 9.90 Å². The maximum Gasteiger partial charge on any atom is 0.303 e. The Balaban J connectivity index is 2.17. The van der Waals surface area contributed by atoms with Crippen LogP contribution in [-0.2, 0) is 17.6 Å². The monoisotopic (exact) mass is 233 g/mol. The van der Waals surface area contributed by atoms with Gasteiger partial charge in [-0.1, -0.05) is 12.1 Å². The molecule has 1 N–H and O–H groups in total. The average molecular weight is 233 g/mol. The SMILES string of the molecule is CN1CCCCc2cc(CCC(=O)O)ccc21. The fraction of sp³-hybridized carbons (Fsp3) is 0.500. The van der Waals surface area contributed by atoms with E-state index in [9.17, 15) is 4.79 Å². The Kier molecular flexibility index (Phi) is 3.67. The van der Waals surface area contributed by atoms with E-state index in [1.807, 2.05) is 0 Å². The standard InChI is InChI=1S/C14H19NO2/c1-15-9-3-2-4-12-10-11(5-7-13(12)15)6-8-14(16)17/h5,7,10H,2-4,6,8-9H2,1H3,(H,16,17). The smallest absolute Gasteiger partial charge is 0.303 e. The number of hydrogen-bond acceptors (Lipinski definition) is 2. The fourth-order valence-corrected chi connectivity index (χ4v) is 2.40. The molecule has 0 fully saturated rings. The zero-order chi connectivity index (χ0) is 12.3. The normalized spacial score (nSPS) is 15.2. The van der Waals surface area contributed by atoms with Crippen LogP contribution in [0.5, 0.6) is 0 Å². The Morgan fingerprint density at radius 2 is 2.24 bits per heavy atom. The van der Waals surface area contributed by atoms with Crippen molar-refractivity contribution in [1.29, 1.82) is 0 Å². The molecule has 0 amide bonds. The van der Waals surface area contributed by atoms with Gasteiger partial charge in [0.1, 0.15) is 0 Å². The summed E-state index contributed by atoms with van der Waals surface area (Å²) in [6.45, 7) is 1.11. The summed E-state index contributed by atoms with van der Waals surface area (Å²) in [5, 5.41) is 8.69. The Morgan fingerprint density at radius 3 is 3.00 bits per heavy atom. The quantitative estimate of drug-likeness (QED) is 0.872. The van der Waals surface area contributed by atoms with Gasteiger partial charge >= 0.3 is 5.97 Å². The van der Waals surface area contributed by atoms with Crippen molar-refractivity contribution in [1.82, 2.24) is 0 Å². The molecule has 0 radical (unpaired) electrons. The summed E-state index contributed by atoms with van der Waals surface area (Å²) >= 11 is 0. The number of benzene rings is 1. The Labute approximate surface area is 102 Å². The third-order valence-electron chi connectivity index (χ3n) is 3.37. The minimum Gasteiger partial charge on any atom is -0.481 e. The predicted molar refractivity (Wildman–Crippen MR) is 68.6 cm³/mol. The van der Waals surface area contributed by atoms with Crippen molar-refractivity contribution in [3.05, 3.63) is 29.3 Å². The molecule has 3 nitrogen and oxygen atoms in total. The number of anilines is 1. The highest BCUT2D eigenvalue weighted by atomic mass is 16.4. The molecular formula is C14H19NO2. The van der Waals surface area contributed by atoms with Crippen molar-refractivity contribution in [3.8, 4) is 0 Å². The van der Waals surface area contributed by atoms with Gasteiger partial charge < -0.3 is 10.0 Å². The lowest BCUT2D eigenvalue weighted by Crippen LogP contribution is -2.17. The minimum absolute atomic E-state index is 0.217. The van der Waals surface area contributed by atoms with E-state index in [0.717, 1.165) is 18.5 Å². The molecule has 92 valence electrons. The van der Waals surface area contributed by atoms with E-state index in [1.54, 1.807) is 0 Å². The van der Waals surface area contributed by atoms with Gasteiger partial charge in [0.2, 0.25) is 0 Å². The number of aliphatic carboxylic acids is 1. The van der Waals surface area contributed by atoms with Gasteiger partial charge in [-0.25, -0.2) is 0 Å². The highest BCUT2D eigenvalue weighted by Crippen LogP contribution is 2.26. The number of carboxylic acid groups (broad SMARTS) is 1. The summed E-state index contributed by atoms with van der Waals surface area (Å²) < 4.78 is 0. The van der Waals surface area contributed by atoms with Crippen LogP contribution in [0.4, 0.5) is 5.69 Å². The van der Waals surface area contributed by atoms with Gasteiger partial charge in [0.25, 0.3) is 0 Å². The molecule has 0 bridgehead atoms. The van der Waals surface area contributed by atoms with Gasteiger partial charge in [-0.05, 0) is 42.9 Å². The number of rotatable bonds is 3. The van der Waals surface area contributed by atoms with Crippen LogP contribution in [0.25, 0.3) is 0 Å². The second-order valence-electron chi connectivity index (χ2n) is 4.74. The summed E-state index contributed by atoms with van der Waals surface area (Å²) in [5.74, 6) is -0.725. The molecule has 0 spiro atoms. The van der Waals surface area contributed by atoms with Crippen LogP contribution in [0.2, 0.25) is 0 Å². The Hall–Kier alpha value is -1.51. The molecule has 0 saturated heterocycles. The molecule has 2 rings (SSSR count). The predicted octanol–water partition coefficient (Wildman–Crippen LogP) is 2.48. The molecule has 1 aliphatic rings. The maximum absolute atomic E-state index is 10.6. The van der Waals surface area contributed by atoms with E-state index in [2.05, 4.69) is 30.1 Å². The third kappa shape index (κ3) is 2.99. The molecule has 0 saturated carbocycles. The van der Waals surface area contributed by atoms with Crippen molar-refractivity contribution in [3.63, 3.8) is 0 Å². The Morgan fingerprint density at radius 1 is 1.41 bits per heavy atom. The van der Waals surface area contributed by atoms with E-state index in [0.29, 0.717) is 6.42 Å². The van der Waals surface area contributed by atoms with Crippen LogP contribution in [0.3, 0.4) is 0 Å². The van der Waals surface area contributed by atoms with Crippen LogP contribution < -0.4 is 4.90 Å². The number of aryl methyl sites for hydroxylation is 2. The molecule has 0 unspecified atom stereocenters. The molecule has 17 heavy (non-hydrogen) atoms. The third-order valence-corrected chi connectivity index (χ3v) is 3.37. The van der Waals surface area contributed by atoms with Crippen LogP contribution in [0.1, 0.15) is 30.4 Å². The maximum atomic E-state index is 10.6. The van der Waals surface area contributed by atoms with Crippen molar-refractivity contribution in [2.45, 2.75) is 32.1 Å². The first-order valence-corrected chi connectivity index (χ1v) is 6.21. The minimum atomic E-state index is -0.725. The van der Waals surface area contributed by atoms with E-state index in [4.69, 9.17) is 5.11 Å². The van der Waals surface area contributed by atoms with Crippen molar-refractivity contribution in [2.75, 3.05) is 18.5 Å². The second kappa shape index (κ2) is 5.21. The van der Waals surface area contributed by atoms with Crippen LogP contribution in [-0.4, -0.2) is 24.7 Å². The van der Waals surface area contributed by atoms with E-state index < -0.39 is 5.97 Å². The molecule has 0 atom stereocenters. The summed E-state index contributed by atoms with van der Waals surface area (Å²) in [6.07, 6.45) is 4.41. The second-order valence-corrected chi connectivity index (χ2v) is 4.74. The lowest BCUT2D eigenvalue weighted by molar-refractivity contribution is -0.136. The molecule has 0 aromatic heterocycles. The first kappa shape index (κ1) is 12.0. The molecule has 3 heteroatoms. The average Bonchev–Trinajstić information content (AvgIpc) is 2.49. The van der Waals surface area contributed by atoms with E-state index in [-0.39, 0.29) is 6.42 Å². The Bertz CT molecular complexity index is 415. The lowest BCUT2D eigenvalue weighted by atomic mass is 10.0. The molecule has 1 aromatic rings. The fourth-order valence-electron chi connectivity index (χ4n) is 2.40. The molecule has 0 aliphatic carbocycles. The highest BCUT2D eigenvalue weighted by molar-refractivity contribution is 5.67. The first-order valence-electron chi connectivity index (χ1n) is 6.21. The molecular weight excluding hydrogens is 214 g/mol. The zero-order valence-electron chi connectivity index (χ0n) is 10.3. The van der Waals surface area contributed by atoms with E-state index >= 15 is 0 Å². The summed E-state index contributed by atoms with van der Waals surface area (Å²) in [4.78, 5) is 12.9. The first-order chi connectivity index (χ1) is 8.16. The number of nitrogens with zero attached hydrogens (tertiary/aromatic N) is 1. The van der Waals surface area contributed by atoms with Crippen LogP contribution >= 0.6 is 0 Å². The van der Waals surface area contributed by atoms with Gasteiger partial charge in [-0.3, -0.25) is 4.79 Å². The zero-order valence-corrected chi connectivity index (χ0v) is 10.3. The number of fused-ring (bicyclic) bond motifs is 1. The lowest BCUT2D eigenvalue weighted by Gasteiger charge is -2.19.